The number of benzene rings is 2. The van der Waals surface area contributed by atoms with E-state index in [1.54, 1.807) is 0 Å². The van der Waals surface area contributed by atoms with Crippen molar-refractivity contribution in [3.8, 4) is 0 Å². The van der Waals surface area contributed by atoms with Crippen LogP contribution in [-0.4, -0.2) is 79.4 Å². The molecule has 40 heavy (non-hydrogen) atoms. The molecule has 0 aliphatic heterocycles. The van der Waals surface area contributed by atoms with Gasteiger partial charge in [0.05, 0.1) is 22.3 Å². The van der Waals surface area contributed by atoms with Crippen LogP contribution >= 0.6 is 0 Å². The molecule has 15 nitrogen and oxygen atoms in total. The zero-order valence-corrected chi connectivity index (χ0v) is 21.3. The third kappa shape index (κ3) is 9.48. The highest BCUT2D eigenvalue weighted by Crippen LogP contribution is 2.30. The van der Waals surface area contributed by atoms with Gasteiger partial charge in [0.25, 0.3) is 10.1 Å². The van der Waals surface area contributed by atoms with E-state index in [0.717, 1.165) is 18.2 Å². The average Bonchev–Trinajstić information content (AvgIpc) is 2.81. The molecular formula is C24H24O15S. The molecular weight excluding hydrogens is 560 g/mol. The average molecular weight is 585 g/mol. The Morgan fingerprint density at radius 2 is 0.900 bits per heavy atom. The Labute approximate surface area is 225 Å². The zero-order valence-electron chi connectivity index (χ0n) is 20.4. The minimum Gasteiger partial charge on any atom is -0.481 e. The summed E-state index contributed by atoms with van der Waals surface area (Å²) in [7, 11) is -4.92. The molecule has 0 heterocycles. The quantitative estimate of drug-likeness (QED) is 0.156. The maximum atomic E-state index is 10.9. The third-order valence-electron chi connectivity index (χ3n) is 5.28. The lowest BCUT2D eigenvalue weighted by Gasteiger charge is -2.22. The zero-order chi connectivity index (χ0) is 30.8. The molecule has 0 aromatic heterocycles. The Morgan fingerprint density at radius 1 is 0.575 bits per heavy atom. The van der Waals surface area contributed by atoms with Gasteiger partial charge < -0.3 is 30.6 Å². The van der Waals surface area contributed by atoms with Crippen LogP contribution in [0.2, 0.25) is 0 Å². The van der Waals surface area contributed by atoms with E-state index in [2.05, 4.69) is 0 Å². The summed E-state index contributed by atoms with van der Waals surface area (Å²) in [5.41, 5.74) is 0.243. The smallest absolute Gasteiger partial charge is 0.337 e. The van der Waals surface area contributed by atoms with Crippen LogP contribution in [0.25, 0.3) is 0 Å². The van der Waals surface area contributed by atoms with Crippen LogP contribution in [0.15, 0.2) is 35.2 Å². The first-order valence-corrected chi connectivity index (χ1v) is 12.5. The van der Waals surface area contributed by atoms with Gasteiger partial charge in [-0.2, -0.15) is 8.42 Å². The molecule has 0 spiro atoms. The van der Waals surface area contributed by atoms with Crippen molar-refractivity contribution in [1.29, 1.82) is 0 Å². The Bertz CT molecular complexity index is 1350. The van der Waals surface area contributed by atoms with Gasteiger partial charge in [-0.1, -0.05) is 6.07 Å². The number of hydrogen-bond acceptors (Lipinski definition) is 8. The van der Waals surface area contributed by atoms with Crippen molar-refractivity contribution < 1.29 is 72.4 Å². The van der Waals surface area contributed by atoms with Crippen molar-refractivity contribution >= 4 is 45.9 Å². The molecule has 1 aliphatic carbocycles. The maximum absolute atomic E-state index is 10.9. The van der Waals surface area contributed by atoms with E-state index in [0.29, 0.717) is 36.8 Å². The SMILES string of the molecule is O=C(O)CCCCC(=O)O.O=C(O)c1ccc(C(=O)O)c2c1CC2.O=C(O)c1cccc(C(=O)O)c1S(=O)(=O)O. The Kier molecular flexibility index (Phi) is 11.9. The molecule has 1 aliphatic rings. The van der Waals surface area contributed by atoms with Gasteiger partial charge in [0.15, 0.2) is 0 Å². The number of aromatic carboxylic acids is 4. The number of fused-ring (bicyclic) bond motifs is 1. The summed E-state index contributed by atoms with van der Waals surface area (Å²) < 4.78 is 30.6. The Balaban J connectivity index is 0.000000309. The summed E-state index contributed by atoms with van der Waals surface area (Å²) in [6, 6.07) is 5.57. The molecule has 16 heteroatoms. The number of rotatable bonds is 10. The lowest BCUT2D eigenvalue weighted by atomic mass is 9.81. The largest absolute Gasteiger partial charge is 0.481 e. The molecule has 0 unspecified atom stereocenters. The topological polar surface area (TPSA) is 278 Å². The molecule has 7 N–H and O–H groups in total. The van der Waals surface area contributed by atoms with E-state index in [-0.39, 0.29) is 24.0 Å². The molecule has 0 saturated heterocycles. The van der Waals surface area contributed by atoms with Crippen LogP contribution in [0.1, 0.15) is 78.2 Å². The molecule has 216 valence electrons. The van der Waals surface area contributed by atoms with Gasteiger partial charge in [0.2, 0.25) is 0 Å². The summed E-state index contributed by atoms with van der Waals surface area (Å²) in [6.45, 7) is 0. The van der Waals surface area contributed by atoms with Gasteiger partial charge in [-0.05, 0) is 61.1 Å². The summed E-state index contributed by atoms with van der Waals surface area (Å²) in [5.74, 6) is -7.00. The molecule has 2 aromatic carbocycles. The number of carbonyl (C=O) groups is 6. The highest BCUT2D eigenvalue weighted by Gasteiger charge is 2.27. The van der Waals surface area contributed by atoms with Crippen LogP contribution in [0.3, 0.4) is 0 Å². The van der Waals surface area contributed by atoms with Crippen LogP contribution in [-0.2, 0) is 32.5 Å². The predicted octanol–water partition coefficient (Wildman–Crippen LogP) is 2.23. The second kappa shape index (κ2) is 14.4. The highest BCUT2D eigenvalue weighted by atomic mass is 32.2. The fourth-order valence-corrected chi connectivity index (χ4v) is 4.31. The van der Waals surface area contributed by atoms with E-state index >= 15 is 0 Å². The molecule has 3 rings (SSSR count). The van der Waals surface area contributed by atoms with E-state index in [9.17, 15) is 37.2 Å². The van der Waals surface area contributed by atoms with Gasteiger partial charge >= 0.3 is 35.8 Å². The molecule has 2 aromatic rings. The minimum atomic E-state index is -4.92. The van der Waals surface area contributed by atoms with E-state index in [1.165, 1.54) is 12.1 Å². The highest BCUT2D eigenvalue weighted by molar-refractivity contribution is 7.86. The van der Waals surface area contributed by atoms with E-state index in [1.807, 2.05) is 0 Å². The summed E-state index contributed by atoms with van der Waals surface area (Å²) in [6.07, 6.45) is 2.35. The lowest BCUT2D eigenvalue weighted by molar-refractivity contribution is -0.139. The second-order valence-electron chi connectivity index (χ2n) is 7.99. The standard InChI is InChI=1S/C10H8O4.C8H6O7S.C6H10O4/c11-9(12)7-3-4-8(10(13)14)6-2-1-5(6)7;9-7(10)4-2-1-3-5(8(11)12)6(4)16(13,14)15;7-5(8)3-1-2-4-6(9)10/h3-4H,1-2H2,(H,11,12)(H,13,14);1-3H,(H,9,10)(H,11,12)(H,13,14,15);1-4H2,(H,7,8)(H,9,10). The Hall–Kier alpha value is -4.83. The lowest BCUT2D eigenvalue weighted by Crippen LogP contribution is -2.19. The number of aliphatic carboxylic acids is 2. The van der Waals surface area contributed by atoms with E-state index in [4.69, 9.17) is 35.2 Å². The van der Waals surface area contributed by atoms with Gasteiger partial charge in [0.1, 0.15) is 4.90 Å². The minimum absolute atomic E-state index is 0.0628. The van der Waals surface area contributed by atoms with Crippen molar-refractivity contribution in [3.05, 3.63) is 63.7 Å². The number of carboxylic acid groups (broad SMARTS) is 6. The molecule has 0 saturated carbocycles. The van der Waals surface area contributed by atoms with Gasteiger partial charge in [0, 0.05) is 12.8 Å². The van der Waals surface area contributed by atoms with Gasteiger partial charge in [-0.15, -0.1) is 0 Å². The van der Waals surface area contributed by atoms with Gasteiger partial charge in [-0.25, -0.2) is 19.2 Å². The van der Waals surface area contributed by atoms with Crippen molar-refractivity contribution in [2.24, 2.45) is 0 Å². The second-order valence-corrected chi connectivity index (χ2v) is 9.35. The summed E-state index contributed by atoms with van der Waals surface area (Å²) >= 11 is 0. The van der Waals surface area contributed by atoms with Crippen molar-refractivity contribution in [2.75, 3.05) is 0 Å². The molecule has 0 bridgehead atoms. The molecule has 0 radical (unpaired) electrons. The monoisotopic (exact) mass is 584 g/mol. The first-order valence-electron chi connectivity index (χ1n) is 11.1. The van der Waals surface area contributed by atoms with Crippen LogP contribution in [0.4, 0.5) is 0 Å². The summed E-state index contributed by atoms with van der Waals surface area (Å²) in [4.78, 5) is 61.5. The first kappa shape index (κ1) is 33.2. The van der Waals surface area contributed by atoms with Crippen molar-refractivity contribution in [2.45, 2.75) is 43.4 Å². The summed E-state index contributed by atoms with van der Waals surface area (Å²) in [5, 5.41) is 51.2. The van der Waals surface area contributed by atoms with E-state index < -0.39 is 62.0 Å². The normalized spacial score (nSPS) is 11.2. The van der Waals surface area contributed by atoms with Crippen molar-refractivity contribution in [3.63, 3.8) is 0 Å². The maximum Gasteiger partial charge on any atom is 0.337 e. The Morgan fingerprint density at radius 3 is 1.12 bits per heavy atom. The van der Waals surface area contributed by atoms with Crippen LogP contribution in [0, 0.1) is 0 Å². The fourth-order valence-electron chi connectivity index (χ4n) is 3.44. The molecule has 0 amide bonds. The van der Waals surface area contributed by atoms with Crippen LogP contribution in [0.5, 0.6) is 0 Å². The molecule has 0 fully saturated rings. The number of hydrogen-bond donors (Lipinski definition) is 7. The molecule has 0 atom stereocenters. The van der Waals surface area contributed by atoms with Crippen molar-refractivity contribution in [1.82, 2.24) is 0 Å². The third-order valence-corrected chi connectivity index (χ3v) is 6.24. The fraction of sp³-hybridized carbons (Fsp3) is 0.250. The number of carboxylic acids is 6. The predicted molar refractivity (Wildman–Crippen MR) is 132 cm³/mol. The van der Waals surface area contributed by atoms with Gasteiger partial charge in [-0.3, -0.25) is 14.1 Å². The number of unbranched alkanes of at least 4 members (excludes halogenated alkanes) is 1. The first-order chi connectivity index (χ1) is 18.5. The van der Waals surface area contributed by atoms with Crippen LogP contribution < -0.4 is 0 Å².